The van der Waals surface area contributed by atoms with Crippen molar-refractivity contribution in [2.45, 2.75) is 26.3 Å². The van der Waals surface area contributed by atoms with E-state index in [0.717, 1.165) is 4.90 Å². The lowest BCUT2D eigenvalue weighted by Crippen LogP contribution is -2.47. The topological polar surface area (TPSA) is 66.5 Å². The molecule has 1 aliphatic heterocycles. The second kappa shape index (κ2) is 4.90. The SMILES string of the molecule is CC(C)(C)NC(=O)CN1C(=O)c2ccc(Cl)cc2C1=O. The molecule has 6 heteroatoms. The van der Waals surface area contributed by atoms with Gasteiger partial charge in [-0.25, -0.2) is 0 Å². The van der Waals surface area contributed by atoms with Gasteiger partial charge in [0.2, 0.25) is 5.91 Å². The molecule has 5 nitrogen and oxygen atoms in total. The van der Waals surface area contributed by atoms with E-state index < -0.39 is 17.4 Å². The van der Waals surface area contributed by atoms with Crippen LogP contribution in [0.1, 0.15) is 41.5 Å². The minimum atomic E-state index is -0.489. The minimum absolute atomic E-state index is 0.242. The van der Waals surface area contributed by atoms with Gasteiger partial charge in [0.15, 0.2) is 0 Å². The summed E-state index contributed by atoms with van der Waals surface area (Å²) in [5.41, 5.74) is 0.105. The molecule has 1 aromatic carbocycles. The number of imide groups is 1. The molecule has 1 aliphatic rings. The summed E-state index contributed by atoms with van der Waals surface area (Å²) in [6.45, 7) is 5.19. The molecule has 0 saturated carbocycles. The number of rotatable bonds is 2. The van der Waals surface area contributed by atoms with Crippen LogP contribution in [0.25, 0.3) is 0 Å². The van der Waals surface area contributed by atoms with Crippen molar-refractivity contribution in [1.29, 1.82) is 0 Å². The Kier molecular flexibility index (Phi) is 3.56. The largest absolute Gasteiger partial charge is 0.350 e. The Bertz CT molecular complexity index is 605. The van der Waals surface area contributed by atoms with Crippen molar-refractivity contribution in [3.63, 3.8) is 0 Å². The Hall–Kier alpha value is -1.88. The van der Waals surface area contributed by atoms with E-state index in [0.29, 0.717) is 5.02 Å². The van der Waals surface area contributed by atoms with E-state index in [1.54, 1.807) is 6.07 Å². The molecule has 1 N–H and O–H groups in total. The van der Waals surface area contributed by atoms with Crippen molar-refractivity contribution in [2.75, 3.05) is 6.54 Å². The quantitative estimate of drug-likeness (QED) is 0.847. The summed E-state index contributed by atoms with van der Waals surface area (Å²) >= 11 is 5.82. The molecule has 0 spiro atoms. The summed E-state index contributed by atoms with van der Waals surface area (Å²) < 4.78 is 0. The van der Waals surface area contributed by atoms with Crippen LogP contribution in [-0.2, 0) is 4.79 Å². The van der Waals surface area contributed by atoms with Gasteiger partial charge in [-0.05, 0) is 39.0 Å². The average molecular weight is 295 g/mol. The van der Waals surface area contributed by atoms with Crippen LogP contribution in [0.3, 0.4) is 0 Å². The zero-order valence-electron chi connectivity index (χ0n) is 11.5. The smallest absolute Gasteiger partial charge is 0.262 e. The monoisotopic (exact) mass is 294 g/mol. The summed E-state index contributed by atoms with van der Waals surface area (Å²) in [5, 5.41) is 3.09. The summed E-state index contributed by atoms with van der Waals surface area (Å²) in [6, 6.07) is 4.49. The minimum Gasteiger partial charge on any atom is -0.350 e. The summed E-state index contributed by atoms with van der Waals surface area (Å²) in [5.74, 6) is -1.33. The van der Waals surface area contributed by atoms with Gasteiger partial charge in [0.1, 0.15) is 6.54 Å². The van der Waals surface area contributed by atoms with E-state index >= 15 is 0 Å². The number of fused-ring (bicyclic) bond motifs is 1. The third kappa shape index (κ3) is 2.82. The van der Waals surface area contributed by atoms with Gasteiger partial charge < -0.3 is 5.32 Å². The van der Waals surface area contributed by atoms with Crippen LogP contribution >= 0.6 is 11.6 Å². The molecule has 0 atom stereocenters. The van der Waals surface area contributed by atoms with Crippen molar-refractivity contribution < 1.29 is 14.4 Å². The zero-order chi connectivity index (χ0) is 15.1. The molecular formula is C14H15ClN2O3. The van der Waals surface area contributed by atoms with Gasteiger partial charge in [0.05, 0.1) is 11.1 Å². The molecule has 0 fully saturated rings. The average Bonchev–Trinajstić information content (AvgIpc) is 2.52. The zero-order valence-corrected chi connectivity index (χ0v) is 12.2. The number of halogens is 1. The molecule has 0 saturated heterocycles. The lowest BCUT2D eigenvalue weighted by molar-refractivity contribution is -0.122. The van der Waals surface area contributed by atoms with E-state index in [4.69, 9.17) is 11.6 Å². The number of hydrogen-bond donors (Lipinski definition) is 1. The highest BCUT2D eigenvalue weighted by Crippen LogP contribution is 2.25. The number of nitrogens with one attached hydrogen (secondary N) is 1. The highest BCUT2D eigenvalue weighted by atomic mass is 35.5. The molecule has 2 rings (SSSR count). The van der Waals surface area contributed by atoms with E-state index in [2.05, 4.69) is 5.32 Å². The molecule has 3 amide bonds. The number of nitrogens with zero attached hydrogens (tertiary/aromatic N) is 1. The fourth-order valence-electron chi connectivity index (χ4n) is 2.01. The van der Waals surface area contributed by atoms with Gasteiger partial charge in [-0.2, -0.15) is 0 Å². The van der Waals surface area contributed by atoms with E-state index in [1.165, 1.54) is 12.1 Å². The van der Waals surface area contributed by atoms with Gasteiger partial charge in [-0.15, -0.1) is 0 Å². The molecule has 1 heterocycles. The molecule has 0 bridgehead atoms. The predicted molar refractivity (Wildman–Crippen MR) is 74.7 cm³/mol. The van der Waals surface area contributed by atoms with Crippen LogP contribution in [0.2, 0.25) is 5.02 Å². The standard InChI is InChI=1S/C14H15ClN2O3/c1-14(2,3)16-11(18)7-17-12(19)9-5-4-8(15)6-10(9)13(17)20/h4-6H,7H2,1-3H3,(H,16,18). The third-order valence-electron chi connectivity index (χ3n) is 2.75. The van der Waals surface area contributed by atoms with E-state index in [9.17, 15) is 14.4 Å². The van der Waals surface area contributed by atoms with E-state index in [1.807, 2.05) is 20.8 Å². The second-order valence-electron chi connectivity index (χ2n) is 5.68. The van der Waals surface area contributed by atoms with Crippen LogP contribution in [0.4, 0.5) is 0 Å². The lowest BCUT2D eigenvalue weighted by atomic mass is 10.1. The van der Waals surface area contributed by atoms with Crippen LogP contribution in [0, 0.1) is 0 Å². The molecule has 0 aliphatic carbocycles. The van der Waals surface area contributed by atoms with Gasteiger partial charge in [-0.3, -0.25) is 19.3 Å². The Morgan fingerprint density at radius 2 is 1.80 bits per heavy atom. The highest BCUT2D eigenvalue weighted by molar-refractivity contribution is 6.32. The summed E-state index contributed by atoms with van der Waals surface area (Å²) in [4.78, 5) is 37.0. The fraction of sp³-hybridized carbons (Fsp3) is 0.357. The first kappa shape index (κ1) is 14.5. The normalized spacial score (nSPS) is 14.5. The maximum Gasteiger partial charge on any atom is 0.262 e. The second-order valence-corrected chi connectivity index (χ2v) is 6.12. The highest BCUT2D eigenvalue weighted by Gasteiger charge is 2.37. The molecule has 106 valence electrons. The van der Waals surface area contributed by atoms with Crippen molar-refractivity contribution in [3.8, 4) is 0 Å². The Morgan fingerprint density at radius 3 is 2.40 bits per heavy atom. The number of benzene rings is 1. The summed E-state index contributed by atoms with van der Waals surface area (Å²) in [6.07, 6.45) is 0. The first-order valence-corrected chi connectivity index (χ1v) is 6.53. The number of carbonyl (C=O) groups is 3. The van der Waals surface area contributed by atoms with Gasteiger partial charge >= 0.3 is 0 Å². The van der Waals surface area contributed by atoms with Crippen LogP contribution in [-0.4, -0.2) is 34.7 Å². The van der Waals surface area contributed by atoms with Gasteiger partial charge in [0, 0.05) is 10.6 Å². The summed E-state index contributed by atoms with van der Waals surface area (Å²) in [7, 11) is 0. The van der Waals surface area contributed by atoms with E-state index in [-0.39, 0.29) is 23.6 Å². The van der Waals surface area contributed by atoms with Crippen molar-refractivity contribution in [2.24, 2.45) is 0 Å². The van der Waals surface area contributed by atoms with Crippen molar-refractivity contribution >= 4 is 29.3 Å². The van der Waals surface area contributed by atoms with Crippen LogP contribution in [0.15, 0.2) is 18.2 Å². The maximum absolute atomic E-state index is 12.1. The molecular weight excluding hydrogens is 280 g/mol. The third-order valence-corrected chi connectivity index (χ3v) is 2.98. The first-order valence-electron chi connectivity index (χ1n) is 6.16. The molecule has 0 unspecified atom stereocenters. The van der Waals surface area contributed by atoms with Gasteiger partial charge in [0.25, 0.3) is 11.8 Å². The van der Waals surface area contributed by atoms with Gasteiger partial charge in [-0.1, -0.05) is 11.6 Å². The Balaban J connectivity index is 2.19. The maximum atomic E-state index is 12.1. The van der Waals surface area contributed by atoms with Crippen LogP contribution < -0.4 is 5.32 Å². The Labute approximate surface area is 121 Å². The van der Waals surface area contributed by atoms with Crippen molar-refractivity contribution in [3.05, 3.63) is 34.3 Å². The number of carbonyl (C=O) groups excluding carboxylic acids is 3. The fourth-order valence-corrected chi connectivity index (χ4v) is 2.18. The lowest BCUT2D eigenvalue weighted by Gasteiger charge is -2.22. The van der Waals surface area contributed by atoms with Crippen molar-refractivity contribution in [1.82, 2.24) is 10.2 Å². The molecule has 0 aromatic heterocycles. The Morgan fingerprint density at radius 1 is 1.20 bits per heavy atom. The number of hydrogen-bond acceptors (Lipinski definition) is 3. The van der Waals surface area contributed by atoms with Crippen LogP contribution in [0.5, 0.6) is 0 Å². The predicted octanol–water partition coefficient (Wildman–Crippen LogP) is 1.85. The molecule has 0 radical (unpaired) electrons. The number of amides is 3. The first-order chi connectivity index (χ1) is 9.19. The molecule has 20 heavy (non-hydrogen) atoms. The molecule has 1 aromatic rings.